The van der Waals surface area contributed by atoms with Crippen molar-refractivity contribution in [1.82, 2.24) is 0 Å². The van der Waals surface area contributed by atoms with Crippen LogP contribution in [0.1, 0.15) is 26.7 Å². The van der Waals surface area contributed by atoms with Gasteiger partial charge in [0, 0.05) is 6.08 Å². The second kappa shape index (κ2) is 6.94. The Morgan fingerprint density at radius 2 is 2.13 bits per heavy atom. The van der Waals surface area contributed by atoms with E-state index in [-0.39, 0.29) is 5.97 Å². The van der Waals surface area contributed by atoms with Crippen LogP contribution in [0.15, 0.2) is 12.2 Å². The Bertz CT molecular complexity index is 218. The van der Waals surface area contributed by atoms with Gasteiger partial charge in [0.1, 0.15) is 0 Å². The summed E-state index contributed by atoms with van der Waals surface area (Å²) in [4.78, 5) is 11.3. The first-order valence-corrected chi connectivity index (χ1v) is 6.76. The van der Waals surface area contributed by atoms with Crippen LogP contribution in [0.5, 0.6) is 0 Å². The SMILES string of the molecule is CC(C)COC(=O)C=CC1CCSCC1. The maximum absolute atomic E-state index is 11.3. The van der Waals surface area contributed by atoms with Crippen molar-refractivity contribution in [2.24, 2.45) is 11.8 Å². The summed E-state index contributed by atoms with van der Waals surface area (Å²) in [7, 11) is 0. The van der Waals surface area contributed by atoms with Gasteiger partial charge in [0.15, 0.2) is 0 Å². The molecule has 15 heavy (non-hydrogen) atoms. The molecule has 0 bridgehead atoms. The van der Waals surface area contributed by atoms with Crippen molar-refractivity contribution in [2.45, 2.75) is 26.7 Å². The van der Waals surface area contributed by atoms with Crippen molar-refractivity contribution in [3.05, 3.63) is 12.2 Å². The number of ether oxygens (including phenoxy) is 1. The molecule has 3 heteroatoms. The van der Waals surface area contributed by atoms with Gasteiger partial charge >= 0.3 is 5.97 Å². The van der Waals surface area contributed by atoms with Gasteiger partial charge in [-0.3, -0.25) is 0 Å². The summed E-state index contributed by atoms with van der Waals surface area (Å²) >= 11 is 2.00. The summed E-state index contributed by atoms with van der Waals surface area (Å²) in [6, 6.07) is 0. The van der Waals surface area contributed by atoms with Crippen molar-refractivity contribution < 1.29 is 9.53 Å². The van der Waals surface area contributed by atoms with Crippen LogP contribution in [-0.4, -0.2) is 24.1 Å². The summed E-state index contributed by atoms with van der Waals surface area (Å²) in [5.74, 6) is 3.24. The summed E-state index contributed by atoms with van der Waals surface area (Å²) in [5.41, 5.74) is 0. The molecule has 0 atom stereocenters. The summed E-state index contributed by atoms with van der Waals surface area (Å²) in [5, 5.41) is 0. The normalized spacial score (nSPS) is 18.6. The number of esters is 1. The molecule has 2 nitrogen and oxygen atoms in total. The molecule has 0 aromatic rings. The topological polar surface area (TPSA) is 26.3 Å². The lowest BCUT2D eigenvalue weighted by Gasteiger charge is -2.17. The second-order valence-corrected chi connectivity index (χ2v) is 5.56. The van der Waals surface area contributed by atoms with Crippen LogP contribution >= 0.6 is 11.8 Å². The van der Waals surface area contributed by atoms with E-state index in [1.165, 1.54) is 24.3 Å². The molecule has 1 aliphatic heterocycles. The van der Waals surface area contributed by atoms with Crippen LogP contribution in [0.4, 0.5) is 0 Å². The lowest BCUT2D eigenvalue weighted by molar-refractivity contribution is -0.138. The number of allylic oxidation sites excluding steroid dienone is 1. The highest BCUT2D eigenvalue weighted by Crippen LogP contribution is 2.23. The molecule has 0 radical (unpaired) electrons. The van der Waals surface area contributed by atoms with Gasteiger partial charge in [-0.2, -0.15) is 11.8 Å². The van der Waals surface area contributed by atoms with Crippen LogP contribution in [0.2, 0.25) is 0 Å². The average Bonchev–Trinajstić information content (AvgIpc) is 2.25. The molecule has 1 heterocycles. The van der Waals surface area contributed by atoms with Gasteiger partial charge in [-0.1, -0.05) is 19.9 Å². The fourth-order valence-corrected chi connectivity index (χ4v) is 2.56. The van der Waals surface area contributed by atoms with Crippen LogP contribution < -0.4 is 0 Å². The predicted molar refractivity (Wildman–Crippen MR) is 65.0 cm³/mol. The number of thioether (sulfide) groups is 1. The monoisotopic (exact) mass is 228 g/mol. The van der Waals surface area contributed by atoms with E-state index in [2.05, 4.69) is 0 Å². The highest BCUT2D eigenvalue weighted by Gasteiger charge is 2.10. The molecule has 0 aromatic heterocycles. The molecular formula is C12H20O2S. The first kappa shape index (κ1) is 12.6. The first-order chi connectivity index (χ1) is 7.18. The third-order valence-corrected chi connectivity index (χ3v) is 3.38. The van der Waals surface area contributed by atoms with E-state index in [0.717, 1.165) is 0 Å². The van der Waals surface area contributed by atoms with E-state index in [0.29, 0.717) is 18.4 Å². The van der Waals surface area contributed by atoms with Crippen LogP contribution in [0.25, 0.3) is 0 Å². The maximum Gasteiger partial charge on any atom is 0.330 e. The molecule has 1 rings (SSSR count). The molecule has 0 aromatic carbocycles. The maximum atomic E-state index is 11.3. The molecule has 0 spiro atoms. The molecule has 0 aliphatic carbocycles. The third kappa shape index (κ3) is 5.88. The number of hydrogen-bond donors (Lipinski definition) is 0. The average molecular weight is 228 g/mol. The molecule has 0 saturated carbocycles. The van der Waals surface area contributed by atoms with Gasteiger partial charge in [-0.25, -0.2) is 4.79 Å². The smallest absolute Gasteiger partial charge is 0.330 e. The largest absolute Gasteiger partial charge is 0.462 e. The molecule has 86 valence electrons. The van der Waals surface area contributed by atoms with Gasteiger partial charge in [0.05, 0.1) is 6.61 Å². The Kier molecular flexibility index (Phi) is 5.84. The minimum Gasteiger partial charge on any atom is -0.462 e. The van der Waals surface area contributed by atoms with E-state index in [4.69, 9.17) is 4.74 Å². The molecular weight excluding hydrogens is 208 g/mol. The van der Waals surface area contributed by atoms with Crippen molar-refractivity contribution in [1.29, 1.82) is 0 Å². The zero-order chi connectivity index (χ0) is 11.1. The highest BCUT2D eigenvalue weighted by atomic mass is 32.2. The molecule has 1 aliphatic rings. The summed E-state index contributed by atoms with van der Waals surface area (Å²) in [6.07, 6.45) is 6.00. The molecule has 1 fully saturated rings. The first-order valence-electron chi connectivity index (χ1n) is 5.61. The van der Waals surface area contributed by atoms with Crippen LogP contribution in [-0.2, 0) is 9.53 Å². The fourth-order valence-electron chi connectivity index (χ4n) is 1.42. The van der Waals surface area contributed by atoms with Gasteiger partial charge < -0.3 is 4.74 Å². The fraction of sp³-hybridized carbons (Fsp3) is 0.750. The predicted octanol–water partition coefficient (Wildman–Crippen LogP) is 2.89. The third-order valence-electron chi connectivity index (χ3n) is 2.33. The molecule has 0 unspecified atom stereocenters. The Hall–Kier alpha value is -0.440. The van der Waals surface area contributed by atoms with E-state index in [9.17, 15) is 4.79 Å². The van der Waals surface area contributed by atoms with Crippen molar-refractivity contribution in [3.63, 3.8) is 0 Å². The van der Waals surface area contributed by atoms with Gasteiger partial charge in [0.25, 0.3) is 0 Å². The highest BCUT2D eigenvalue weighted by molar-refractivity contribution is 7.99. The Morgan fingerprint density at radius 1 is 1.47 bits per heavy atom. The van der Waals surface area contributed by atoms with Crippen molar-refractivity contribution >= 4 is 17.7 Å². The Morgan fingerprint density at radius 3 is 2.73 bits per heavy atom. The van der Waals surface area contributed by atoms with Crippen LogP contribution in [0.3, 0.4) is 0 Å². The van der Waals surface area contributed by atoms with Gasteiger partial charge in [0.2, 0.25) is 0 Å². The quantitative estimate of drug-likeness (QED) is 0.546. The van der Waals surface area contributed by atoms with E-state index in [1.54, 1.807) is 6.08 Å². The van der Waals surface area contributed by atoms with E-state index in [1.807, 2.05) is 31.7 Å². The zero-order valence-corrected chi connectivity index (χ0v) is 10.4. The molecule has 0 amide bonds. The molecule has 1 saturated heterocycles. The summed E-state index contributed by atoms with van der Waals surface area (Å²) in [6.45, 7) is 4.59. The number of carbonyl (C=O) groups excluding carboxylic acids is 1. The summed E-state index contributed by atoms with van der Waals surface area (Å²) < 4.78 is 5.06. The minimum absolute atomic E-state index is 0.193. The Labute approximate surface area is 96.5 Å². The molecule has 0 N–H and O–H groups in total. The number of rotatable bonds is 4. The minimum atomic E-state index is -0.193. The van der Waals surface area contributed by atoms with Crippen LogP contribution in [0, 0.1) is 11.8 Å². The zero-order valence-electron chi connectivity index (χ0n) is 9.57. The lowest BCUT2D eigenvalue weighted by atomic mass is 10.0. The van der Waals surface area contributed by atoms with E-state index >= 15 is 0 Å². The number of carbonyl (C=O) groups is 1. The Balaban J connectivity index is 2.20. The lowest BCUT2D eigenvalue weighted by Crippen LogP contribution is -2.10. The van der Waals surface area contributed by atoms with Gasteiger partial charge in [-0.15, -0.1) is 0 Å². The van der Waals surface area contributed by atoms with Crippen molar-refractivity contribution in [2.75, 3.05) is 18.1 Å². The van der Waals surface area contributed by atoms with Gasteiger partial charge in [-0.05, 0) is 36.2 Å². The van der Waals surface area contributed by atoms with Crippen molar-refractivity contribution in [3.8, 4) is 0 Å². The second-order valence-electron chi connectivity index (χ2n) is 4.33. The standard InChI is InChI=1S/C12H20O2S/c1-10(2)9-14-12(13)4-3-11-5-7-15-8-6-11/h3-4,10-11H,5-9H2,1-2H3. The van der Waals surface area contributed by atoms with E-state index < -0.39 is 0 Å². The number of hydrogen-bond acceptors (Lipinski definition) is 3.